The summed E-state index contributed by atoms with van der Waals surface area (Å²) in [6.45, 7) is 1.74. The van der Waals surface area contributed by atoms with Gasteiger partial charge in [-0.25, -0.2) is 4.79 Å². The molecular weight excluding hydrogens is 430 g/mol. The maximum atomic E-state index is 11.7. The summed E-state index contributed by atoms with van der Waals surface area (Å²) in [6.07, 6.45) is -3.01. The van der Waals surface area contributed by atoms with E-state index in [1.54, 1.807) is 0 Å². The van der Waals surface area contributed by atoms with Crippen LogP contribution in [0.4, 0.5) is 0 Å². The quantitative estimate of drug-likeness (QED) is 0.180. The maximum Gasteiger partial charge on any atom is 0.331 e. The van der Waals surface area contributed by atoms with Crippen LogP contribution in [0.3, 0.4) is 0 Å². The Balaban J connectivity index is 2.39. The van der Waals surface area contributed by atoms with Gasteiger partial charge in [-0.2, -0.15) is 0 Å². The molecular formula is C19H23N3O8S. The van der Waals surface area contributed by atoms with Crippen molar-refractivity contribution in [3.8, 4) is 0 Å². The van der Waals surface area contributed by atoms with Gasteiger partial charge >= 0.3 is 17.9 Å². The molecule has 0 aromatic heterocycles. The number of azide groups is 1. The molecule has 0 radical (unpaired) electrons. The Hall–Kier alpha value is -2.79. The normalized spacial score (nSPS) is 25.1. The molecule has 1 aliphatic rings. The summed E-state index contributed by atoms with van der Waals surface area (Å²) in [5.41, 5.74) is 8.35. The smallest absolute Gasteiger partial charge is 0.331 e. The third-order valence-corrected chi connectivity index (χ3v) is 5.33. The Kier molecular flexibility index (Phi) is 9.60. The zero-order chi connectivity index (χ0) is 22.8. The second-order valence-corrected chi connectivity index (χ2v) is 7.57. The minimum absolute atomic E-state index is 0.236. The fourth-order valence-electron chi connectivity index (χ4n) is 2.89. The molecule has 5 atom stereocenters. The minimum Gasteiger partial charge on any atom is -0.467 e. The lowest BCUT2D eigenvalue weighted by Gasteiger charge is -2.43. The van der Waals surface area contributed by atoms with Gasteiger partial charge in [0.25, 0.3) is 0 Å². The van der Waals surface area contributed by atoms with Gasteiger partial charge in [0.05, 0.1) is 7.11 Å². The molecule has 1 aromatic carbocycles. The van der Waals surface area contributed by atoms with Crippen LogP contribution in [0.25, 0.3) is 10.4 Å². The zero-order valence-corrected chi connectivity index (χ0v) is 18.0. The molecule has 0 saturated carbocycles. The predicted molar refractivity (Wildman–Crippen MR) is 108 cm³/mol. The van der Waals surface area contributed by atoms with E-state index in [2.05, 4.69) is 14.8 Å². The SMILES string of the molecule is COC(=O)CO[C@@H]1[C@@H](N=[N+]=[N-])[C@@H](OC(C)=O)[C@@H](COC(C)=O)O[C@H]1Sc1ccccc1. The number of ether oxygens (including phenoxy) is 5. The first-order valence-electron chi connectivity index (χ1n) is 9.26. The molecule has 0 unspecified atom stereocenters. The van der Waals surface area contributed by atoms with Crippen LogP contribution in [0.5, 0.6) is 0 Å². The van der Waals surface area contributed by atoms with Crippen LogP contribution in [0, 0.1) is 0 Å². The lowest BCUT2D eigenvalue weighted by molar-refractivity contribution is -0.202. The van der Waals surface area contributed by atoms with Gasteiger partial charge in [-0.1, -0.05) is 35.1 Å². The highest BCUT2D eigenvalue weighted by Crippen LogP contribution is 2.37. The second-order valence-electron chi connectivity index (χ2n) is 6.40. The summed E-state index contributed by atoms with van der Waals surface area (Å²) >= 11 is 1.26. The maximum absolute atomic E-state index is 11.7. The Morgan fingerprint density at radius 3 is 2.45 bits per heavy atom. The number of hydrogen-bond acceptors (Lipinski definition) is 10. The van der Waals surface area contributed by atoms with Crippen LogP contribution < -0.4 is 0 Å². The van der Waals surface area contributed by atoms with Gasteiger partial charge in [-0.15, -0.1) is 0 Å². The number of esters is 3. The molecule has 0 bridgehead atoms. The van der Waals surface area contributed by atoms with E-state index in [0.717, 1.165) is 4.90 Å². The van der Waals surface area contributed by atoms with Crippen LogP contribution >= 0.6 is 11.8 Å². The fraction of sp³-hybridized carbons (Fsp3) is 0.526. The van der Waals surface area contributed by atoms with Crippen LogP contribution in [0.1, 0.15) is 13.8 Å². The van der Waals surface area contributed by atoms with E-state index < -0.39 is 54.3 Å². The van der Waals surface area contributed by atoms with Crippen molar-refractivity contribution in [2.45, 2.75) is 48.5 Å². The average Bonchev–Trinajstić information content (AvgIpc) is 2.74. The summed E-state index contributed by atoms with van der Waals surface area (Å²) in [5, 5.41) is 3.76. The van der Waals surface area contributed by atoms with E-state index in [1.807, 2.05) is 30.3 Å². The zero-order valence-electron chi connectivity index (χ0n) is 17.2. The summed E-state index contributed by atoms with van der Waals surface area (Å²) < 4.78 is 26.7. The lowest BCUT2D eigenvalue weighted by atomic mass is 9.97. The molecule has 0 aliphatic carbocycles. The number of benzene rings is 1. The van der Waals surface area contributed by atoms with Gasteiger partial charge in [-0.3, -0.25) is 9.59 Å². The van der Waals surface area contributed by atoms with Crippen LogP contribution in [-0.4, -0.2) is 68.0 Å². The van der Waals surface area contributed by atoms with Crippen LogP contribution in [-0.2, 0) is 38.1 Å². The molecule has 2 rings (SSSR count). The van der Waals surface area contributed by atoms with E-state index in [-0.39, 0.29) is 6.61 Å². The van der Waals surface area contributed by atoms with Crippen molar-refractivity contribution in [3.05, 3.63) is 40.8 Å². The largest absolute Gasteiger partial charge is 0.467 e. The van der Waals surface area contributed by atoms with Crippen molar-refractivity contribution >= 4 is 29.7 Å². The average molecular weight is 453 g/mol. The third-order valence-electron chi connectivity index (χ3n) is 4.17. The molecule has 0 N–H and O–H groups in total. The van der Waals surface area contributed by atoms with Crippen molar-refractivity contribution in [2.24, 2.45) is 5.11 Å². The summed E-state index contributed by atoms with van der Waals surface area (Å²) in [4.78, 5) is 38.3. The Morgan fingerprint density at radius 2 is 1.87 bits per heavy atom. The van der Waals surface area contributed by atoms with Crippen molar-refractivity contribution < 1.29 is 38.1 Å². The van der Waals surface area contributed by atoms with E-state index in [4.69, 9.17) is 24.5 Å². The highest BCUT2D eigenvalue weighted by Gasteiger charge is 2.49. The van der Waals surface area contributed by atoms with E-state index in [9.17, 15) is 14.4 Å². The molecule has 1 aliphatic heterocycles. The van der Waals surface area contributed by atoms with E-state index in [0.29, 0.717) is 0 Å². The first-order chi connectivity index (χ1) is 14.8. The summed E-state index contributed by atoms with van der Waals surface area (Å²) in [5.74, 6) is -1.85. The van der Waals surface area contributed by atoms with Crippen LogP contribution in [0.15, 0.2) is 40.3 Å². The number of rotatable bonds is 9. The van der Waals surface area contributed by atoms with Crippen LogP contribution in [0.2, 0.25) is 0 Å². The molecule has 1 fully saturated rings. The fourth-order valence-corrected chi connectivity index (χ4v) is 4.04. The summed E-state index contributed by atoms with van der Waals surface area (Å²) in [6, 6.07) is 8.13. The lowest BCUT2D eigenvalue weighted by Crippen LogP contribution is -2.59. The van der Waals surface area contributed by atoms with Gasteiger partial charge in [0, 0.05) is 23.7 Å². The molecule has 0 amide bonds. The molecule has 12 heteroatoms. The standard InChI is InChI=1S/C19H23N3O8S/c1-11(23)27-9-14-17(29-12(2)24)16(21-22-20)18(28-10-15(25)26-3)19(30-14)31-13-7-5-4-6-8-13/h4-8,14,16-19H,9-10H2,1-3H3/t14-,16+,17+,18-,19+/m1/s1. The number of nitrogens with zero attached hydrogens (tertiary/aromatic N) is 3. The van der Waals surface area contributed by atoms with Gasteiger partial charge < -0.3 is 23.7 Å². The predicted octanol–water partition coefficient (Wildman–Crippen LogP) is 2.24. The van der Waals surface area contributed by atoms with Gasteiger partial charge in [0.2, 0.25) is 0 Å². The third kappa shape index (κ3) is 7.44. The molecule has 1 aromatic rings. The highest BCUT2D eigenvalue weighted by atomic mass is 32.2. The number of methoxy groups -OCH3 is 1. The van der Waals surface area contributed by atoms with Gasteiger partial charge in [0.1, 0.15) is 43.0 Å². The van der Waals surface area contributed by atoms with Crippen molar-refractivity contribution in [1.29, 1.82) is 0 Å². The number of carbonyl (C=O) groups excluding carboxylic acids is 3. The van der Waals surface area contributed by atoms with Crippen molar-refractivity contribution in [2.75, 3.05) is 20.3 Å². The first-order valence-corrected chi connectivity index (χ1v) is 10.1. The first kappa shape index (κ1) is 24.5. The highest BCUT2D eigenvalue weighted by molar-refractivity contribution is 7.99. The minimum atomic E-state index is -1.11. The van der Waals surface area contributed by atoms with Crippen molar-refractivity contribution in [3.63, 3.8) is 0 Å². The topological polar surface area (TPSA) is 146 Å². The molecule has 1 heterocycles. The van der Waals surface area contributed by atoms with Gasteiger partial charge in [-0.05, 0) is 17.7 Å². The van der Waals surface area contributed by atoms with E-state index in [1.165, 1.54) is 32.7 Å². The number of hydrogen-bond donors (Lipinski definition) is 0. The Morgan fingerprint density at radius 1 is 1.16 bits per heavy atom. The van der Waals surface area contributed by atoms with E-state index >= 15 is 0 Å². The Labute approximate surface area is 182 Å². The monoisotopic (exact) mass is 453 g/mol. The van der Waals surface area contributed by atoms with Crippen molar-refractivity contribution in [1.82, 2.24) is 0 Å². The number of thioether (sulfide) groups is 1. The molecule has 31 heavy (non-hydrogen) atoms. The number of carbonyl (C=O) groups is 3. The molecule has 168 valence electrons. The molecule has 0 spiro atoms. The molecule has 11 nitrogen and oxygen atoms in total. The molecule has 1 saturated heterocycles. The second kappa shape index (κ2) is 12.2. The summed E-state index contributed by atoms with van der Waals surface area (Å²) in [7, 11) is 1.21. The Bertz CT molecular complexity index is 818. The van der Waals surface area contributed by atoms with Gasteiger partial charge in [0.15, 0.2) is 0 Å².